The van der Waals surface area contributed by atoms with Crippen LogP contribution in [0.5, 0.6) is 0 Å². The molecule has 0 bridgehead atoms. The van der Waals surface area contributed by atoms with Gasteiger partial charge in [-0.25, -0.2) is 0 Å². The molecule has 1 saturated carbocycles. The summed E-state index contributed by atoms with van der Waals surface area (Å²) in [4.78, 5) is 14.2. The van der Waals surface area contributed by atoms with Crippen molar-refractivity contribution < 1.29 is 4.79 Å². The summed E-state index contributed by atoms with van der Waals surface area (Å²) in [5, 5.41) is 10.7. The quantitative estimate of drug-likeness (QED) is 0.772. The second-order valence-corrected chi connectivity index (χ2v) is 6.94. The van der Waals surface area contributed by atoms with Gasteiger partial charge < -0.3 is 10.6 Å². The molecule has 2 heterocycles. The Kier molecular flexibility index (Phi) is 4.50. The highest BCUT2D eigenvalue weighted by molar-refractivity contribution is 7.11. The van der Waals surface area contributed by atoms with Crippen molar-refractivity contribution in [3.05, 3.63) is 44.8 Å². The van der Waals surface area contributed by atoms with Gasteiger partial charge in [-0.05, 0) is 35.7 Å². The van der Waals surface area contributed by atoms with Crippen LogP contribution in [0.4, 0.5) is 0 Å². The average molecular weight is 306 g/mol. The maximum Gasteiger partial charge on any atom is 0.223 e. The van der Waals surface area contributed by atoms with Crippen molar-refractivity contribution in [1.82, 2.24) is 10.6 Å². The van der Waals surface area contributed by atoms with E-state index in [0.29, 0.717) is 12.5 Å². The summed E-state index contributed by atoms with van der Waals surface area (Å²) < 4.78 is 0. The summed E-state index contributed by atoms with van der Waals surface area (Å²) in [6.45, 7) is 1.49. The summed E-state index contributed by atoms with van der Waals surface area (Å²) >= 11 is 3.53. The molecule has 2 N–H and O–H groups in total. The second kappa shape index (κ2) is 6.52. The van der Waals surface area contributed by atoms with Gasteiger partial charge in [0, 0.05) is 28.8 Å². The van der Waals surface area contributed by atoms with Crippen molar-refractivity contribution in [3.63, 3.8) is 0 Å². The van der Waals surface area contributed by atoms with Crippen LogP contribution in [0.15, 0.2) is 35.0 Å². The molecule has 0 radical (unpaired) electrons. The number of carbonyl (C=O) groups is 1. The number of carbonyl (C=O) groups excluding carboxylic acids is 1. The molecule has 20 heavy (non-hydrogen) atoms. The van der Waals surface area contributed by atoms with E-state index in [1.807, 2.05) is 0 Å². The highest BCUT2D eigenvalue weighted by Gasteiger charge is 2.29. The van der Waals surface area contributed by atoms with E-state index in [-0.39, 0.29) is 11.9 Å². The molecular formula is C15H18N2OS2. The topological polar surface area (TPSA) is 41.1 Å². The molecule has 2 aromatic heterocycles. The molecule has 3 rings (SSSR count). The molecular weight excluding hydrogens is 288 g/mol. The molecule has 106 valence electrons. The maximum atomic E-state index is 11.6. The SMILES string of the molecule is O=C(NCCNC(c1cccs1)c1cccs1)C1CC1. The monoisotopic (exact) mass is 306 g/mol. The van der Waals surface area contributed by atoms with Crippen molar-refractivity contribution in [2.45, 2.75) is 18.9 Å². The van der Waals surface area contributed by atoms with Gasteiger partial charge in [0.1, 0.15) is 0 Å². The summed E-state index contributed by atoms with van der Waals surface area (Å²) in [7, 11) is 0. The number of hydrogen-bond donors (Lipinski definition) is 2. The van der Waals surface area contributed by atoms with Crippen LogP contribution < -0.4 is 10.6 Å². The van der Waals surface area contributed by atoms with E-state index < -0.39 is 0 Å². The highest BCUT2D eigenvalue weighted by Crippen LogP contribution is 2.29. The Balaban J connectivity index is 1.53. The van der Waals surface area contributed by atoms with Crippen molar-refractivity contribution >= 4 is 28.6 Å². The molecule has 0 spiro atoms. The van der Waals surface area contributed by atoms with Gasteiger partial charge in [-0.2, -0.15) is 0 Å². The molecule has 5 heteroatoms. The Morgan fingerprint density at radius 2 is 1.80 bits per heavy atom. The normalized spacial score (nSPS) is 14.7. The van der Waals surface area contributed by atoms with Gasteiger partial charge in [-0.3, -0.25) is 4.79 Å². The van der Waals surface area contributed by atoms with Crippen molar-refractivity contribution in [2.24, 2.45) is 5.92 Å². The summed E-state index contributed by atoms with van der Waals surface area (Å²) in [6.07, 6.45) is 2.12. The molecule has 0 saturated heterocycles. The lowest BCUT2D eigenvalue weighted by molar-refractivity contribution is -0.122. The Morgan fingerprint density at radius 3 is 2.30 bits per heavy atom. The van der Waals surface area contributed by atoms with Gasteiger partial charge in [0.05, 0.1) is 6.04 Å². The zero-order chi connectivity index (χ0) is 13.8. The van der Waals surface area contributed by atoms with E-state index in [1.165, 1.54) is 9.75 Å². The summed E-state index contributed by atoms with van der Waals surface area (Å²) in [6, 6.07) is 8.72. The molecule has 1 amide bonds. The van der Waals surface area contributed by atoms with Gasteiger partial charge in [-0.1, -0.05) is 12.1 Å². The second-order valence-electron chi connectivity index (χ2n) is 4.98. The molecule has 0 aliphatic heterocycles. The van der Waals surface area contributed by atoms with E-state index in [4.69, 9.17) is 0 Å². The highest BCUT2D eigenvalue weighted by atomic mass is 32.1. The minimum Gasteiger partial charge on any atom is -0.355 e. The zero-order valence-corrected chi connectivity index (χ0v) is 12.8. The van der Waals surface area contributed by atoms with E-state index in [9.17, 15) is 4.79 Å². The Morgan fingerprint density at radius 1 is 1.15 bits per heavy atom. The maximum absolute atomic E-state index is 11.6. The molecule has 0 unspecified atom stereocenters. The van der Waals surface area contributed by atoms with Crippen molar-refractivity contribution in [2.75, 3.05) is 13.1 Å². The molecule has 1 aliphatic carbocycles. The van der Waals surface area contributed by atoms with Crippen LogP contribution in [-0.4, -0.2) is 19.0 Å². The van der Waals surface area contributed by atoms with Crippen molar-refractivity contribution in [3.8, 4) is 0 Å². The number of nitrogens with one attached hydrogen (secondary N) is 2. The van der Waals surface area contributed by atoms with E-state index in [1.54, 1.807) is 22.7 Å². The molecule has 1 aliphatic rings. The first-order valence-corrected chi connectivity index (χ1v) is 8.68. The number of amides is 1. The number of thiophene rings is 2. The molecule has 0 atom stereocenters. The predicted molar refractivity (Wildman–Crippen MR) is 84.2 cm³/mol. The van der Waals surface area contributed by atoms with Gasteiger partial charge in [-0.15, -0.1) is 22.7 Å². The Labute approximate surface area is 127 Å². The van der Waals surface area contributed by atoms with E-state index >= 15 is 0 Å². The average Bonchev–Trinajstić information content (AvgIpc) is 2.94. The summed E-state index contributed by atoms with van der Waals surface area (Å²) in [5.41, 5.74) is 0. The van der Waals surface area contributed by atoms with Gasteiger partial charge in [0.25, 0.3) is 0 Å². The molecule has 0 aromatic carbocycles. The van der Waals surface area contributed by atoms with Crippen LogP contribution in [0.1, 0.15) is 28.6 Å². The number of hydrogen-bond acceptors (Lipinski definition) is 4. The first-order valence-electron chi connectivity index (χ1n) is 6.92. The lowest BCUT2D eigenvalue weighted by Gasteiger charge is -2.16. The largest absolute Gasteiger partial charge is 0.355 e. The zero-order valence-electron chi connectivity index (χ0n) is 11.2. The van der Waals surface area contributed by atoms with Gasteiger partial charge in [0.15, 0.2) is 0 Å². The van der Waals surface area contributed by atoms with Crippen LogP contribution in [0.25, 0.3) is 0 Å². The first-order chi connectivity index (χ1) is 9.84. The van der Waals surface area contributed by atoms with E-state index in [0.717, 1.165) is 19.4 Å². The fourth-order valence-corrected chi connectivity index (χ4v) is 3.85. The number of rotatable bonds is 7. The van der Waals surface area contributed by atoms with Crippen LogP contribution >= 0.6 is 22.7 Å². The lowest BCUT2D eigenvalue weighted by Crippen LogP contribution is -2.34. The third-order valence-corrected chi connectivity index (χ3v) is 5.25. The van der Waals surface area contributed by atoms with Crippen LogP contribution in [0.3, 0.4) is 0 Å². The predicted octanol–water partition coefficient (Wildman–Crippen LogP) is 3.01. The smallest absolute Gasteiger partial charge is 0.223 e. The van der Waals surface area contributed by atoms with Crippen LogP contribution in [0.2, 0.25) is 0 Å². The third kappa shape index (κ3) is 3.48. The first kappa shape index (κ1) is 13.8. The molecule has 2 aromatic rings. The minimum absolute atomic E-state index is 0.218. The van der Waals surface area contributed by atoms with Crippen molar-refractivity contribution in [1.29, 1.82) is 0 Å². The van der Waals surface area contributed by atoms with Crippen LogP contribution in [-0.2, 0) is 4.79 Å². The van der Waals surface area contributed by atoms with Crippen LogP contribution in [0, 0.1) is 5.92 Å². The fourth-order valence-electron chi connectivity index (χ4n) is 2.14. The standard InChI is InChI=1S/C15H18N2OS2/c18-15(11-5-6-11)17-8-7-16-14(12-3-1-9-19-12)13-4-2-10-20-13/h1-4,9-11,14,16H,5-8H2,(H,17,18). The fraction of sp³-hybridized carbons (Fsp3) is 0.400. The minimum atomic E-state index is 0.218. The molecule has 3 nitrogen and oxygen atoms in total. The Bertz CT molecular complexity index is 498. The van der Waals surface area contributed by atoms with Gasteiger partial charge >= 0.3 is 0 Å². The van der Waals surface area contributed by atoms with E-state index in [2.05, 4.69) is 45.7 Å². The Hall–Kier alpha value is -1.17. The lowest BCUT2D eigenvalue weighted by atomic mass is 10.2. The van der Waals surface area contributed by atoms with Gasteiger partial charge in [0.2, 0.25) is 5.91 Å². The third-order valence-electron chi connectivity index (χ3n) is 3.38. The molecule has 1 fully saturated rings. The summed E-state index contributed by atoms with van der Waals surface area (Å²) in [5.74, 6) is 0.510.